The van der Waals surface area contributed by atoms with Crippen molar-refractivity contribution in [2.75, 3.05) is 0 Å². The first-order valence-electron chi connectivity index (χ1n) is 5.80. The second-order valence-corrected chi connectivity index (χ2v) is 5.28. The maximum atomic E-state index is 13.3. The third-order valence-corrected chi connectivity index (χ3v) is 3.96. The number of pyridine rings is 1. The summed E-state index contributed by atoms with van der Waals surface area (Å²) in [5.74, 6) is -1.27. The van der Waals surface area contributed by atoms with Gasteiger partial charge in [-0.3, -0.25) is 4.40 Å². The van der Waals surface area contributed by atoms with Crippen molar-refractivity contribution in [3.8, 4) is 17.3 Å². The van der Waals surface area contributed by atoms with Crippen LogP contribution in [0, 0.1) is 18.6 Å². The number of hydrogen-bond acceptors (Lipinski definition) is 2. The summed E-state index contributed by atoms with van der Waals surface area (Å²) in [5, 5.41) is 9.96. The first kappa shape index (κ1) is 13.1. The lowest BCUT2D eigenvalue weighted by molar-refractivity contribution is 0.462. The molecule has 0 bridgehead atoms. The average Bonchev–Trinajstić information content (AvgIpc) is 2.71. The first-order chi connectivity index (χ1) is 9.47. The van der Waals surface area contributed by atoms with Gasteiger partial charge in [-0.25, -0.2) is 8.78 Å². The molecular weight excluding hydrogens is 330 g/mol. The number of halogens is 3. The molecule has 3 aromatic rings. The summed E-state index contributed by atoms with van der Waals surface area (Å²) < 4.78 is 29.1. The minimum absolute atomic E-state index is 0.177. The van der Waals surface area contributed by atoms with E-state index < -0.39 is 11.6 Å². The van der Waals surface area contributed by atoms with Gasteiger partial charge in [0.15, 0.2) is 0 Å². The maximum absolute atomic E-state index is 13.3. The molecule has 0 aliphatic carbocycles. The lowest BCUT2D eigenvalue weighted by atomic mass is 10.2. The van der Waals surface area contributed by atoms with Crippen molar-refractivity contribution < 1.29 is 13.9 Å². The van der Waals surface area contributed by atoms with E-state index in [1.807, 2.05) is 6.92 Å². The van der Waals surface area contributed by atoms with Crippen LogP contribution in [0.5, 0.6) is 5.88 Å². The number of fused-ring (bicyclic) bond motifs is 1. The summed E-state index contributed by atoms with van der Waals surface area (Å²) in [4.78, 5) is 4.01. The molecular formula is C14H9BrF2N2O. The third kappa shape index (κ3) is 1.96. The Morgan fingerprint density at radius 3 is 2.50 bits per heavy atom. The van der Waals surface area contributed by atoms with E-state index in [2.05, 4.69) is 20.9 Å². The van der Waals surface area contributed by atoms with Crippen molar-refractivity contribution in [1.82, 2.24) is 9.38 Å². The van der Waals surface area contributed by atoms with Crippen molar-refractivity contribution in [3.05, 3.63) is 52.1 Å². The molecule has 1 N–H and O–H groups in total. The molecule has 2 aromatic heterocycles. The van der Waals surface area contributed by atoms with E-state index in [0.717, 1.165) is 16.1 Å². The molecule has 0 aliphatic rings. The molecule has 0 saturated carbocycles. The molecule has 0 saturated heterocycles. The molecule has 102 valence electrons. The first-order valence-corrected chi connectivity index (χ1v) is 6.59. The Morgan fingerprint density at radius 2 is 1.85 bits per heavy atom. The number of nitrogens with zero attached hydrogens (tertiary/aromatic N) is 2. The van der Waals surface area contributed by atoms with Gasteiger partial charge in [-0.2, -0.15) is 4.98 Å². The highest BCUT2D eigenvalue weighted by Gasteiger charge is 2.16. The molecule has 0 amide bonds. The number of aromatic nitrogens is 2. The third-order valence-electron chi connectivity index (χ3n) is 3.10. The molecule has 2 heterocycles. The molecule has 0 unspecified atom stereocenters. The summed E-state index contributed by atoms with van der Waals surface area (Å²) >= 11 is 3.37. The molecule has 0 atom stereocenters. The molecule has 3 nitrogen and oxygen atoms in total. The van der Waals surface area contributed by atoms with Crippen LogP contribution in [-0.2, 0) is 0 Å². The fraction of sp³-hybridized carbons (Fsp3) is 0.0714. The van der Waals surface area contributed by atoms with Crippen molar-refractivity contribution in [2.45, 2.75) is 6.92 Å². The van der Waals surface area contributed by atoms with Crippen molar-refractivity contribution >= 4 is 21.4 Å². The number of aromatic hydroxyl groups is 1. The largest absolute Gasteiger partial charge is 0.492 e. The number of imidazole rings is 1. The normalized spacial score (nSPS) is 11.2. The van der Waals surface area contributed by atoms with E-state index in [1.54, 1.807) is 16.7 Å². The van der Waals surface area contributed by atoms with Crippen LogP contribution in [-0.4, -0.2) is 14.5 Å². The van der Waals surface area contributed by atoms with Crippen LogP contribution in [0.2, 0.25) is 0 Å². The van der Waals surface area contributed by atoms with E-state index >= 15 is 0 Å². The van der Waals surface area contributed by atoms with Gasteiger partial charge < -0.3 is 5.11 Å². The van der Waals surface area contributed by atoms with Gasteiger partial charge in [0.25, 0.3) is 0 Å². The average molecular weight is 339 g/mol. The van der Waals surface area contributed by atoms with E-state index in [1.165, 1.54) is 12.1 Å². The van der Waals surface area contributed by atoms with Crippen LogP contribution in [0.15, 0.2) is 34.9 Å². The van der Waals surface area contributed by atoms with Crippen LogP contribution >= 0.6 is 15.9 Å². The van der Waals surface area contributed by atoms with Gasteiger partial charge in [0.05, 0.1) is 0 Å². The summed E-state index contributed by atoms with van der Waals surface area (Å²) in [7, 11) is 0. The van der Waals surface area contributed by atoms with Gasteiger partial charge in [0, 0.05) is 22.3 Å². The van der Waals surface area contributed by atoms with Gasteiger partial charge in [-0.15, -0.1) is 0 Å². The highest BCUT2D eigenvalue weighted by atomic mass is 79.9. The Labute approximate surface area is 121 Å². The van der Waals surface area contributed by atoms with Crippen LogP contribution in [0.1, 0.15) is 5.56 Å². The van der Waals surface area contributed by atoms with Gasteiger partial charge in [0.1, 0.15) is 23.0 Å². The van der Waals surface area contributed by atoms with Crippen LogP contribution < -0.4 is 0 Å². The molecule has 0 fully saturated rings. The fourth-order valence-corrected chi connectivity index (χ4v) is 2.48. The highest BCUT2D eigenvalue weighted by molar-refractivity contribution is 9.10. The molecule has 0 spiro atoms. The highest BCUT2D eigenvalue weighted by Crippen LogP contribution is 2.32. The predicted molar refractivity (Wildman–Crippen MR) is 74.6 cm³/mol. The number of aryl methyl sites for hydroxylation is 1. The summed E-state index contributed by atoms with van der Waals surface area (Å²) in [5.41, 5.74) is 1.55. The second-order valence-electron chi connectivity index (χ2n) is 4.42. The van der Waals surface area contributed by atoms with Crippen molar-refractivity contribution in [2.24, 2.45) is 0 Å². The Hall–Kier alpha value is -1.95. The quantitative estimate of drug-likeness (QED) is 0.726. The van der Waals surface area contributed by atoms with Gasteiger partial charge in [-0.1, -0.05) is 15.9 Å². The Morgan fingerprint density at radius 1 is 1.20 bits per heavy atom. The zero-order chi connectivity index (χ0) is 14.4. The standard InChI is InChI=1S/C14H9BrF2N2O/c1-7-11(15)2-3-19-12(7)14(20)18-13(19)8-4-9(16)6-10(17)5-8/h2-6,20H,1H3. The lowest BCUT2D eigenvalue weighted by Crippen LogP contribution is -1.93. The Balaban J connectivity index is 2.35. The van der Waals surface area contributed by atoms with Crippen LogP contribution in [0.3, 0.4) is 0 Å². The summed E-state index contributed by atoms with van der Waals surface area (Å²) in [6.45, 7) is 1.82. The molecule has 6 heteroatoms. The fourth-order valence-electron chi connectivity index (χ4n) is 2.18. The molecule has 0 aliphatic heterocycles. The van der Waals surface area contributed by atoms with Crippen molar-refractivity contribution in [1.29, 1.82) is 0 Å². The Bertz CT molecular complexity index is 809. The SMILES string of the molecule is Cc1c(Br)ccn2c(-c3cc(F)cc(F)c3)nc(O)c12. The predicted octanol–water partition coefficient (Wildman–Crippen LogP) is 4.06. The van der Waals surface area contributed by atoms with E-state index in [4.69, 9.17) is 0 Å². The summed E-state index contributed by atoms with van der Waals surface area (Å²) in [6, 6.07) is 4.92. The molecule has 0 radical (unpaired) electrons. The van der Waals surface area contributed by atoms with Gasteiger partial charge in [0.2, 0.25) is 5.88 Å². The van der Waals surface area contributed by atoms with E-state index in [0.29, 0.717) is 5.52 Å². The number of hydrogen-bond donors (Lipinski definition) is 1. The molecule has 3 rings (SSSR count). The topological polar surface area (TPSA) is 37.5 Å². The minimum atomic E-state index is -0.690. The maximum Gasteiger partial charge on any atom is 0.238 e. The second kappa shape index (κ2) is 4.56. The van der Waals surface area contributed by atoms with Gasteiger partial charge in [-0.05, 0) is 30.7 Å². The monoisotopic (exact) mass is 338 g/mol. The Kier molecular flexibility index (Phi) is 2.97. The molecule has 20 heavy (non-hydrogen) atoms. The zero-order valence-electron chi connectivity index (χ0n) is 10.4. The van der Waals surface area contributed by atoms with Crippen LogP contribution in [0.4, 0.5) is 8.78 Å². The number of benzene rings is 1. The summed E-state index contributed by atoms with van der Waals surface area (Å²) in [6.07, 6.45) is 1.68. The van der Waals surface area contributed by atoms with E-state index in [9.17, 15) is 13.9 Å². The van der Waals surface area contributed by atoms with Crippen LogP contribution in [0.25, 0.3) is 16.9 Å². The smallest absolute Gasteiger partial charge is 0.238 e. The van der Waals surface area contributed by atoms with Crippen molar-refractivity contribution in [3.63, 3.8) is 0 Å². The zero-order valence-corrected chi connectivity index (χ0v) is 11.9. The van der Waals surface area contributed by atoms with E-state index in [-0.39, 0.29) is 17.3 Å². The minimum Gasteiger partial charge on any atom is -0.492 e. The van der Waals surface area contributed by atoms with Gasteiger partial charge >= 0.3 is 0 Å². The lowest BCUT2D eigenvalue weighted by Gasteiger charge is -2.05. The number of rotatable bonds is 1. The molecule has 1 aromatic carbocycles.